The molecule has 1 aliphatic heterocycles. The summed E-state index contributed by atoms with van der Waals surface area (Å²) >= 11 is 0.934. The van der Waals surface area contributed by atoms with Gasteiger partial charge >= 0.3 is 0 Å². The summed E-state index contributed by atoms with van der Waals surface area (Å²) in [6.07, 6.45) is 5.77. The lowest BCUT2D eigenvalue weighted by Gasteiger charge is -2.32. The zero-order chi connectivity index (χ0) is 25.9. The topological polar surface area (TPSA) is 117 Å². The molecule has 12 heteroatoms. The van der Waals surface area contributed by atoms with Gasteiger partial charge in [-0.3, -0.25) is 4.79 Å². The van der Waals surface area contributed by atoms with E-state index in [4.69, 9.17) is 5.73 Å². The van der Waals surface area contributed by atoms with Crippen LogP contribution in [0.25, 0.3) is 0 Å². The van der Waals surface area contributed by atoms with E-state index in [1.54, 1.807) is 0 Å². The molecule has 2 unspecified atom stereocenters. The van der Waals surface area contributed by atoms with Gasteiger partial charge in [0.05, 0.1) is 11.3 Å². The largest absolute Gasteiger partial charge is 0.382 e. The molecule has 2 fully saturated rings. The molecule has 4 rings (SSSR count). The molecule has 4 N–H and O–H groups in total. The van der Waals surface area contributed by atoms with Crippen molar-refractivity contribution in [1.29, 1.82) is 0 Å². The van der Waals surface area contributed by atoms with Crippen LogP contribution < -0.4 is 16.4 Å². The molecule has 0 radical (unpaired) electrons. The van der Waals surface area contributed by atoms with E-state index in [-0.39, 0.29) is 22.5 Å². The van der Waals surface area contributed by atoms with Crippen LogP contribution in [0.4, 0.5) is 19.7 Å². The van der Waals surface area contributed by atoms with Gasteiger partial charge in [-0.05, 0) is 43.7 Å². The number of hydrogen-bond donors (Lipinski definition) is 3. The van der Waals surface area contributed by atoms with Crippen molar-refractivity contribution in [3.05, 3.63) is 40.3 Å². The zero-order valence-electron chi connectivity index (χ0n) is 20.3. The number of nitrogens with two attached hydrogens (primary N) is 1. The number of nitrogens with one attached hydrogen (secondary N) is 2. The van der Waals surface area contributed by atoms with Crippen molar-refractivity contribution in [2.24, 2.45) is 5.92 Å². The van der Waals surface area contributed by atoms with Crippen LogP contribution >= 0.6 is 11.3 Å². The quantitative estimate of drug-likeness (QED) is 0.415. The van der Waals surface area contributed by atoms with Crippen molar-refractivity contribution in [2.75, 3.05) is 36.4 Å². The summed E-state index contributed by atoms with van der Waals surface area (Å²) in [5.41, 5.74) is 5.21. The maximum absolute atomic E-state index is 14.0. The Hall–Kier alpha value is -2.15. The third-order valence-corrected chi connectivity index (χ3v) is 9.83. The molecule has 0 amide bonds. The number of anilines is 2. The second kappa shape index (κ2) is 11.5. The van der Waals surface area contributed by atoms with Gasteiger partial charge in [-0.15, -0.1) is 0 Å². The van der Waals surface area contributed by atoms with Crippen molar-refractivity contribution in [1.82, 2.24) is 14.6 Å². The Bertz CT molecular complexity index is 1160. The Labute approximate surface area is 214 Å². The number of nitrogens with zero attached hydrogens (tertiary/aromatic N) is 2. The highest BCUT2D eigenvalue weighted by Crippen LogP contribution is 2.31. The first-order valence-electron chi connectivity index (χ1n) is 12.4. The van der Waals surface area contributed by atoms with Crippen LogP contribution in [0.3, 0.4) is 0 Å². The van der Waals surface area contributed by atoms with E-state index in [9.17, 15) is 22.0 Å². The Morgan fingerprint density at radius 3 is 2.53 bits per heavy atom. The van der Waals surface area contributed by atoms with E-state index in [0.717, 1.165) is 36.3 Å². The molecule has 2 aliphatic rings. The van der Waals surface area contributed by atoms with Gasteiger partial charge in [0.1, 0.15) is 22.3 Å². The summed E-state index contributed by atoms with van der Waals surface area (Å²) in [5.74, 6) is -2.11. The highest BCUT2D eigenvalue weighted by molar-refractivity contribution is 7.89. The van der Waals surface area contributed by atoms with Gasteiger partial charge in [-0.2, -0.15) is 0 Å². The Kier molecular flexibility index (Phi) is 8.59. The number of thiazole rings is 1. The van der Waals surface area contributed by atoms with Gasteiger partial charge in [0.25, 0.3) is 0 Å². The summed E-state index contributed by atoms with van der Waals surface area (Å²) in [7, 11) is -3.35. The highest BCUT2D eigenvalue weighted by atomic mass is 32.2. The zero-order valence-corrected chi connectivity index (χ0v) is 21.9. The molecule has 198 valence electrons. The number of nitrogen functional groups attached to an aromatic ring is 1. The number of carbonyl (C=O) groups is 1. The maximum Gasteiger partial charge on any atom is 0.215 e. The summed E-state index contributed by atoms with van der Waals surface area (Å²) < 4.78 is 55.2. The predicted molar refractivity (Wildman–Crippen MR) is 138 cm³/mol. The molecule has 1 aliphatic carbocycles. The van der Waals surface area contributed by atoms with Gasteiger partial charge in [0.2, 0.25) is 15.8 Å². The van der Waals surface area contributed by atoms with Crippen LogP contribution in [0.2, 0.25) is 0 Å². The van der Waals surface area contributed by atoms with Crippen LogP contribution in [-0.4, -0.2) is 61.0 Å². The smallest absolute Gasteiger partial charge is 0.215 e. The summed E-state index contributed by atoms with van der Waals surface area (Å²) in [4.78, 5) is 16.8. The second-order valence-electron chi connectivity index (χ2n) is 9.72. The molecule has 36 heavy (non-hydrogen) atoms. The van der Waals surface area contributed by atoms with E-state index >= 15 is 0 Å². The van der Waals surface area contributed by atoms with Crippen molar-refractivity contribution in [2.45, 2.75) is 57.5 Å². The van der Waals surface area contributed by atoms with E-state index in [1.807, 2.05) is 0 Å². The average molecular weight is 542 g/mol. The van der Waals surface area contributed by atoms with Gasteiger partial charge in [0, 0.05) is 31.7 Å². The maximum atomic E-state index is 14.0. The van der Waals surface area contributed by atoms with Crippen molar-refractivity contribution in [3.63, 3.8) is 0 Å². The van der Waals surface area contributed by atoms with Crippen LogP contribution in [0, 0.1) is 17.6 Å². The number of benzene rings is 1. The normalized spacial score (nSPS) is 22.0. The molecule has 0 bridgehead atoms. The summed E-state index contributed by atoms with van der Waals surface area (Å²) in [5, 5.41) is 6.97. The van der Waals surface area contributed by atoms with Crippen molar-refractivity contribution >= 4 is 38.1 Å². The number of halogens is 2. The second-order valence-corrected chi connectivity index (χ2v) is 12.8. The monoisotopic (exact) mass is 541 g/mol. The number of aromatic nitrogens is 1. The number of rotatable bonds is 9. The van der Waals surface area contributed by atoms with E-state index < -0.39 is 33.0 Å². The molecule has 1 saturated heterocycles. The third kappa shape index (κ3) is 6.39. The molecule has 2 heterocycles. The number of piperidine rings is 1. The van der Waals surface area contributed by atoms with E-state index in [0.29, 0.717) is 49.6 Å². The molecule has 2 atom stereocenters. The van der Waals surface area contributed by atoms with Crippen molar-refractivity contribution in [3.8, 4) is 0 Å². The molecule has 1 aromatic carbocycles. The van der Waals surface area contributed by atoms with E-state index in [1.165, 1.54) is 23.2 Å². The van der Waals surface area contributed by atoms with Gasteiger partial charge in [-0.25, -0.2) is 26.5 Å². The first kappa shape index (κ1) is 26.9. The Morgan fingerprint density at radius 1 is 1.17 bits per heavy atom. The fourth-order valence-corrected chi connectivity index (χ4v) is 7.29. The molecule has 1 saturated carbocycles. The third-order valence-electron chi connectivity index (χ3n) is 6.95. The first-order chi connectivity index (χ1) is 17.1. The van der Waals surface area contributed by atoms with Gasteiger partial charge in [0.15, 0.2) is 5.13 Å². The SMILES string of the molecule is CC1CCCC(NCCS(=O)(=O)N2CCC(Nc3nc(N)c(C(=O)c4c(F)cccc4F)s3)CC2)C1. The number of sulfonamides is 1. The minimum absolute atomic E-state index is 0.0404. The highest BCUT2D eigenvalue weighted by Gasteiger charge is 2.30. The molecule has 8 nitrogen and oxygen atoms in total. The number of ketones is 1. The predicted octanol–water partition coefficient (Wildman–Crippen LogP) is 3.61. The van der Waals surface area contributed by atoms with Crippen LogP contribution in [0.1, 0.15) is 60.7 Å². The van der Waals surface area contributed by atoms with Crippen molar-refractivity contribution < 1.29 is 22.0 Å². The number of carbonyl (C=O) groups excluding carboxylic acids is 1. The minimum Gasteiger partial charge on any atom is -0.382 e. The molecule has 2 aromatic rings. The fourth-order valence-electron chi connectivity index (χ4n) is 4.98. The number of hydrogen-bond acceptors (Lipinski definition) is 8. The summed E-state index contributed by atoms with van der Waals surface area (Å²) in [6, 6.07) is 3.56. The summed E-state index contributed by atoms with van der Waals surface area (Å²) in [6.45, 7) is 3.46. The fraction of sp³-hybridized carbons (Fsp3) is 0.583. The lowest BCUT2D eigenvalue weighted by Crippen LogP contribution is -2.45. The van der Waals surface area contributed by atoms with Gasteiger partial charge in [-0.1, -0.05) is 37.2 Å². The van der Waals surface area contributed by atoms with Gasteiger partial charge < -0.3 is 16.4 Å². The molecule has 1 aromatic heterocycles. The average Bonchev–Trinajstić information content (AvgIpc) is 3.19. The van der Waals surface area contributed by atoms with Crippen LogP contribution in [0.15, 0.2) is 18.2 Å². The Morgan fingerprint density at radius 2 is 1.86 bits per heavy atom. The minimum atomic E-state index is -3.35. The van der Waals surface area contributed by atoms with Crippen LogP contribution in [-0.2, 0) is 10.0 Å². The molecule has 0 spiro atoms. The first-order valence-corrected chi connectivity index (χ1v) is 14.8. The molecular formula is C24H33F2N5O3S2. The lowest BCUT2D eigenvalue weighted by molar-refractivity contribution is 0.103. The van der Waals surface area contributed by atoms with E-state index in [2.05, 4.69) is 22.5 Å². The lowest BCUT2D eigenvalue weighted by atomic mass is 9.87. The van der Waals surface area contributed by atoms with Crippen LogP contribution in [0.5, 0.6) is 0 Å². The standard InChI is InChI=1S/C24H33F2N5O3S2/c1-15-4-2-5-17(14-15)28-10-13-36(33,34)31-11-8-16(9-12-31)29-24-30-23(27)22(35-24)21(32)20-18(25)6-3-7-19(20)26/h3,6-7,15-17,28H,2,4-5,8-14,27H2,1H3,(H,29,30). The Balaban J connectivity index is 1.28. The molecular weight excluding hydrogens is 508 g/mol.